The van der Waals surface area contributed by atoms with Crippen LogP contribution in [-0.2, 0) is 6.54 Å². The molecule has 1 aromatic heterocycles. The molecule has 5 nitrogen and oxygen atoms in total. The van der Waals surface area contributed by atoms with Gasteiger partial charge in [-0.25, -0.2) is 4.79 Å². The average Bonchev–Trinajstić information content (AvgIpc) is 2.97. The van der Waals surface area contributed by atoms with E-state index in [-0.39, 0.29) is 0 Å². The predicted molar refractivity (Wildman–Crippen MR) is 87.4 cm³/mol. The third-order valence-corrected chi connectivity index (χ3v) is 3.62. The molecule has 0 aliphatic heterocycles. The molecule has 0 atom stereocenters. The van der Waals surface area contributed by atoms with Crippen LogP contribution >= 0.6 is 0 Å². The van der Waals surface area contributed by atoms with E-state index in [1.807, 2.05) is 47.3 Å². The summed E-state index contributed by atoms with van der Waals surface area (Å²) >= 11 is 0. The molecule has 0 radical (unpaired) electrons. The molecule has 5 heteroatoms. The molecule has 0 saturated carbocycles. The standard InChI is InChI=1S/C18H17NO4/c1-22-16-4-6-17(7-5-16)23-9-8-19-11-14-3-2-13(18(20)21)10-15(14)12-19/h2-7,10-12H,8-9H2,1H3,(H,20,21). The highest BCUT2D eigenvalue weighted by Crippen LogP contribution is 2.19. The lowest BCUT2D eigenvalue weighted by Crippen LogP contribution is -2.06. The van der Waals surface area contributed by atoms with Crippen LogP contribution in [0.4, 0.5) is 0 Å². The highest BCUT2D eigenvalue weighted by Gasteiger charge is 2.05. The lowest BCUT2D eigenvalue weighted by Gasteiger charge is -2.07. The summed E-state index contributed by atoms with van der Waals surface area (Å²) in [5, 5.41) is 10.9. The van der Waals surface area contributed by atoms with Gasteiger partial charge in [-0.15, -0.1) is 0 Å². The fourth-order valence-corrected chi connectivity index (χ4v) is 2.40. The number of nitrogens with zero attached hydrogens (tertiary/aromatic N) is 1. The first-order valence-electron chi connectivity index (χ1n) is 7.25. The lowest BCUT2D eigenvalue weighted by molar-refractivity contribution is 0.0697. The molecule has 1 heterocycles. The third kappa shape index (κ3) is 3.45. The number of rotatable bonds is 6. The number of hydrogen-bond acceptors (Lipinski definition) is 3. The van der Waals surface area contributed by atoms with Crippen LogP contribution in [0.25, 0.3) is 10.8 Å². The average molecular weight is 311 g/mol. The minimum Gasteiger partial charge on any atom is -0.497 e. The van der Waals surface area contributed by atoms with E-state index in [1.165, 1.54) is 0 Å². The molecule has 0 aliphatic rings. The van der Waals surface area contributed by atoms with E-state index >= 15 is 0 Å². The fraction of sp³-hybridized carbons (Fsp3) is 0.167. The number of ether oxygens (including phenoxy) is 2. The monoisotopic (exact) mass is 311 g/mol. The van der Waals surface area contributed by atoms with Gasteiger partial charge in [0.1, 0.15) is 18.1 Å². The Hall–Kier alpha value is -2.95. The SMILES string of the molecule is COc1ccc(OCCn2cc3ccc(C(=O)O)cc3c2)cc1. The summed E-state index contributed by atoms with van der Waals surface area (Å²) in [7, 11) is 1.63. The topological polar surface area (TPSA) is 60.7 Å². The Balaban J connectivity index is 1.63. The van der Waals surface area contributed by atoms with Crippen LogP contribution in [0, 0.1) is 0 Å². The van der Waals surface area contributed by atoms with E-state index < -0.39 is 5.97 Å². The van der Waals surface area contributed by atoms with Gasteiger partial charge in [0.25, 0.3) is 0 Å². The van der Waals surface area contributed by atoms with E-state index in [2.05, 4.69) is 0 Å². The van der Waals surface area contributed by atoms with E-state index in [4.69, 9.17) is 14.6 Å². The first kappa shape index (κ1) is 15.0. The number of aromatic nitrogens is 1. The Labute approximate surface area is 133 Å². The van der Waals surface area contributed by atoms with Gasteiger partial charge < -0.3 is 19.1 Å². The van der Waals surface area contributed by atoms with Gasteiger partial charge in [-0.1, -0.05) is 6.07 Å². The molecule has 0 bridgehead atoms. The smallest absolute Gasteiger partial charge is 0.335 e. The second-order valence-corrected chi connectivity index (χ2v) is 5.17. The number of carboxylic acid groups (broad SMARTS) is 1. The van der Waals surface area contributed by atoms with Crippen molar-refractivity contribution >= 4 is 16.7 Å². The molecule has 0 saturated heterocycles. The zero-order valence-electron chi connectivity index (χ0n) is 12.7. The first-order valence-corrected chi connectivity index (χ1v) is 7.25. The molecule has 2 aromatic carbocycles. The van der Waals surface area contributed by atoms with Crippen molar-refractivity contribution in [1.29, 1.82) is 0 Å². The van der Waals surface area contributed by atoms with E-state index in [9.17, 15) is 4.79 Å². The van der Waals surface area contributed by atoms with Crippen molar-refractivity contribution in [1.82, 2.24) is 4.57 Å². The Morgan fingerprint density at radius 1 is 1.04 bits per heavy atom. The van der Waals surface area contributed by atoms with E-state index in [0.717, 1.165) is 22.3 Å². The van der Waals surface area contributed by atoms with Gasteiger partial charge in [-0.2, -0.15) is 0 Å². The third-order valence-electron chi connectivity index (χ3n) is 3.62. The molecule has 23 heavy (non-hydrogen) atoms. The summed E-state index contributed by atoms with van der Waals surface area (Å²) in [6.45, 7) is 1.21. The van der Waals surface area contributed by atoms with Crippen molar-refractivity contribution in [3.8, 4) is 11.5 Å². The highest BCUT2D eigenvalue weighted by molar-refractivity contribution is 5.94. The van der Waals surface area contributed by atoms with Crippen molar-refractivity contribution in [2.45, 2.75) is 6.54 Å². The quantitative estimate of drug-likeness (QED) is 0.757. The van der Waals surface area contributed by atoms with Gasteiger partial charge >= 0.3 is 5.97 Å². The molecule has 3 aromatic rings. The number of benzene rings is 2. The van der Waals surface area contributed by atoms with Crippen molar-refractivity contribution < 1.29 is 19.4 Å². The molecule has 0 unspecified atom stereocenters. The number of methoxy groups -OCH3 is 1. The van der Waals surface area contributed by atoms with Gasteiger partial charge in [0, 0.05) is 17.8 Å². The maximum absolute atomic E-state index is 11.0. The van der Waals surface area contributed by atoms with Gasteiger partial charge in [-0.3, -0.25) is 0 Å². The summed E-state index contributed by atoms with van der Waals surface area (Å²) in [5.74, 6) is 0.668. The highest BCUT2D eigenvalue weighted by atomic mass is 16.5. The van der Waals surface area contributed by atoms with Crippen molar-refractivity contribution in [2.24, 2.45) is 0 Å². The number of aromatic carboxylic acids is 1. The molecule has 0 amide bonds. The number of carbonyl (C=O) groups is 1. The number of hydrogen-bond donors (Lipinski definition) is 1. The molecule has 1 N–H and O–H groups in total. The molecular formula is C18H17NO4. The Morgan fingerprint density at radius 3 is 2.43 bits per heavy atom. The van der Waals surface area contributed by atoms with Crippen LogP contribution in [0.2, 0.25) is 0 Å². The first-order chi connectivity index (χ1) is 11.2. The van der Waals surface area contributed by atoms with Crippen molar-refractivity contribution in [3.05, 3.63) is 60.4 Å². The summed E-state index contributed by atoms with van der Waals surface area (Å²) in [6.07, 6.45) is 3.91. The predicted octanol–water partition coefficient (Wildman–Crippen LogP) is 3.43. The van der Waals surface area contributed by atoms with Crippen molar-refractivity contribution in [3.63, 3.8) is 0 Å². The van der Waals surface area contributed by atoms with Crippen LogP contribution < -0.4 is 9.47 Å². The van der Waals surface area contributed by atoms with Crippen LogP contribution in [0.5, 0.6) is 11.5 Å². The summed E-state index contributed by atoms with van der Waals surface area (Å²) in [5.41, 5.74) is 0.296. The Morgan fingerprint density at radius 2 is 1.74 bits per heavy atom. The van der Waals surface area contributed by atoms with Gasteiger partial charge in [0.2, 0.25) is 0 Å². The molecule has 0 aliphatic carbocycles. The maximum Gasteiger partial charge on any atom is 0.335 e. The van der Waals surface area contributed by atoms with Crippen LogP contribution in [0.3, 0.4) is 0 Å². The number of carboxylic acids is 1. The summed E-state index contributed by atoms with van der Waals surface area (Å²) in [4.78, 5) is 11.0. The molecule has 3 rings (SSSR count). The molecule has 0 spiro atoms. The Bertz CT molecular complexity index is 821. The zero-order valence-corrected chi connectivity index (χ0v) is 12.7. The zero-order chi connectivity index (χ0) is 16.2. The Kier molecular flexibility index (Phi) is 4.19. The van der Waals surface area contributed by atoms with Gasteiger partial charge in [0.15, 0.2) is 0 Å². The molecule has 0 fully saturated rings. The summed E-state index contributed by atoms with van der Waals surface area (Å²) in [6, 6.07) is 12.6. The van der Waals surface area contributed by atoms with Crippen LogP contribution in [-0.4, -0.2) is 29.4 Å². The maximum atomic E-state index is 11.0. The fourth-order valence-electron chi connectivity index (χ4n) is 2.40. The minimum atomic E-state index is -0.914. The largest absolute Gasteiger partial charge is 0.497 e. The second kappa shape index (κ2) is 6.44. The molecular weight excluding hydrogens is 294 g/mol. The number of fused-ring (bicyclic) bond motifs is 1. The summed E-state index contributed by atoms with van der Waals surface area (Å²) < 4.78 is 12.8. The molecule has 118 valence electrons. The van der Waals surface area contributed by atoms with E-state index in [0.29, 0.717) is 18.7 Å². The normalized spacial score (nSPS) is 10.7. The van der Waals surface area contributed by atoms with Crippen LogP contribution in [0.1, 0.15) is 10.4 Å². The van der Waals surface area contributed by atoms with E-state index in [1.54, 1.807) is 19.2 Å². The van der Waals surface area contributed by atoms with Crippen molar-refractivity contribution in [2.75, 3.05) is 13.7 Å². The lowest BCUT2D eigenvalue weighted by atomic mass is 10.1. The van der Waals surface area contributed by atoms with Crippen LogP contribution in [0.15, 0.2) is 54.9 Å². The van der Waals surface area contributed by atoms with Gasteiger partial charge in [-0.05, 0) is 41.8 Å². The minimum absolute atomic E-state index is 0.296. The second-order valence-electron chi connectivity index (χ2n) is 5.17. The van der Waals surface area contributed by atoms with Gasteiger partial charge in [0.05, 0.1) is 19.2 Å².